The highest BCUT2D eigenvalue weighted by Crippen LogP contribution is 2.21. The minimum absolute atomic E-state index is 0.0109. The average molecular weight is 526 g/mol. The van der Waals surface area contributed by atoms with Crippen molar-refractivity contribution in [3.8, 4) is 0 Å². The van der Waals surface area contributed by atoms with E-state index >= 15 is 0 Å². The van der Waals surface area contributed by atoms with Crippen molar-refractivity contribution in [3.63, 3.8) is 0 Å². The van der Waals surface area contributed by atoms with Crippen molar-refractivity contribution in [2.75, 3.05) is 14.1 Å². The summed E-state index contributed by atoms with van der Waals surface area (Å²) in [4.78, 5) is 52.2. The third-order valence-corrected chi connectivity index (χ3v) is 6.97. The number of nitrogens with one attached hydrogen (secondary N) is 2. The molecule has 1 heterocycles. The molecule has 0 spiro atoms. The summed E-state index contributed by atoms with van der Waals surface area (Å²) in [6.07, 6.45) is 10.8. The molecule has 4 atom stereocenters. The van der Waals surface area contributed by atoms with Crippen molar-refractivity contribution in [3.05, 3.63) is 0 Å². The van der Waals surface area contributed by atoms with Crippen molar-refractivity contribution in [1.82, 2.24) is 15.5 Å². The van der Waals surface area contributed by atoms with Gasteiger partial charge in [0.25, 0.3) is 0 Å². The highest BCUT2D eigenvalue weighted by atomic mass is 16.6. The molecular formula is C28H51N3O6. The largest absolute Gasteiger partial charge is 0.480 e. The Bertz CT molecular complexity index is 712. The zero-order valence-corrected chi connectivity index (χ0v) is 23.7. The summed E-state index contributed by atoms with van der Waals surface area (Å²) in [5, 5.41) is 15.1. The van der Waals surface area contributed by atoms with E-state index in [1.165, 1.54) is 24.2 Å². The Morgan fingerprint density at radius 2 is 1.65 bits per heavy atom. The quantitative estimate of drug-likeness (QED) is 0.349. The molecule has 1 aliphatic heterocycles. The molecule has 1 fully saturated rings. The second-order valence-corrected chi connectivity index (χ2v) is 11.1. The molecule has 37 heavy (non-hydrogen) atoms. The van der Waals surface area contributed by atoms with E-state index in [-0.39, 0.29) is 24.3 Å². The standard InChI is InChI=1S/C28H51N3O6/c1-6-7-8-9-13-16-22-17-14-11-10-12-15-21(26(33)31(4)5)19-24(27(34)35)29-25(32)23(18-20(2)3)30-28(36)37-22/h20-24H,6-19H2,1-5H3,(H,29,32)(H,30,36)(H,34,35)/t21?,22?,23-,24-/m0/s1. The van der Waals surface area contributed by atoms with Gasteiger partial charge in [-0.2, -0.15) is 0 Å². The third kappa shape index (κ3) is 13.7. The smallest absolute Gasteiger partial charge is 0.408 e. The number of hydrogen-bond acceptors (Lipinski definition) is 5. The molecule has 0 aromatic heterocycles. The Hall–Kier alpha value is -2.32. The van der Waals surface area contributed by atoms with Gasteiger partial charge in [0.15, 0.2) is 0 Å². The number of ether oxygens (including phenoxy) is 1. The minimum Gasteiger partial charge on any atom is -0.480 e. The van der Waals surface area contributed by atoms with Crippen LogP contribution in [0.4, 0.5) is 4.79 Å². The fourth-order valence-electron chi connectivity index (χ4n) is 4.87. The summed E-state index contributed by atoms with van der Waals surface area (Å²) in [5.41, 5.74) is 0. The summed E-state index contributed by atoms with van der Waals surface area (Å²) in [6.45, 7) is 6.04. The molecule has 214 valence electrons. The number of rotatable bonds is 10. The lowest BCUT2D eigenvalue weighted by molar-refractivity contribution is -0.143. The van der Waals surface area contributed by atoms with Gasteiger partial charge in [0.2, 0.25) is 11.8 Å². The molecule has 0 aliphatic carbocycles. The topological polar surface area (TPSA) is 125 Å². The Morgan fingerprint density at radius 3 is 2.24 bits per heavy atom. The Labute approximate surface area is 223 Å². The first-order valence-corrected chi connectivity index (χ1v) is 14.3. The highest BCUT2D eigenvalue weighted by Gasteiger charge is 2.32. The van der Waals surface area contributed by atoms with Gasteiger partial charge in [-0.1, -0.05) is 65.7 Å². The number of aliphatic carboxylic acids is 1. The van der Waals surface area contributed by atoms with Gasteiger partial charge < -0.3 is 25.4 Å². The zero-order valence-electron chi connectivity index (χ0n) is 23.7. The van der Waals surface area contributed by atoms with Crippen molar-refractivity contribution in [1.29, 1.82) is 0 Å². The lowest BCUT2D eigenvalue weighted by Gasteiger charge is -2.27. The average Bonchev–Trinajstić information content (AvgIpc) is 2.82. The molecule has 1 rings (SSSR count). The molecule has 9 heteroatoms. The summed E-state index contributed by atoms with van der Waals surface area (Å²) in [6, 6.07) is -2.15. The molecule has 0 aromatic carbocycles. The molecule has 0 radical (unpaired) electrons. The summed E-state index contributed by atoms with van der Waals surface area (Å²) in [7, 11) is 3.32. The minimum atomic E-state index is -1.22. The molecule has 0 saturated carbocycles. The van der Waals surface area contributed by atoms with Crippen LogP contribution in [0.2, 0.25) is 0 Å². The van der Waals surface area contributed by atoms with Crippen LogP contribution in [0.15, 0.2) is 0 Å². The molecule has 3 amide bonds. The maximum absolute atomic E-state index is 13.1. The number of carbonyl (C=O) groups is 4. The van der Waals surface area contributed by atoms with Crippen LogP contribution in [0.5, 0.6) is 0 Å². The van der Waals surface area contributed by atoms with Gasteiger partial charge in [0.1, 0.15) is 18.2 Å². The van der Waals surface area contributed by atoms with Gasteiger partial charge in [-0.25, -0.2) is 9.59 Å². The van der Waals surface area contributed by atoms with Crippen LogP contribution in [0.25, 0.3) is 0 Å². The van der Waals surface area contributed by atoms with Gasteiger partial charge in [-0.05, 0) is 50.9 Å². The van der Waals surface area contributed by atoms with Gasteiger partial charge >= 0.3 is 12.1 Å². The van der Waals surface area contributed by atoms with Crippen molar-refractivity contribution in [2.45, 2.75) is 129 Å². The monoisotopic (exact) mass is 525 g/mol. The lowest BCUT2D eigenvalue weighted by atomic mass is 9.91. The van der Waals surface area contributed by atoms with Crippen molar-refractivity contribution >= 4 is 23.9 Å². The van der Waals surface area contributed by atoms with E-state index in [2.05, 4.69) is 17.6 Å². The number of nitrogens with zero attached hydrogens (tertiary/aromatic N) is 1. The van der Waals surface area contributed by atoms with Crippen LogP contribution in [-0.2, 0) is 19.1 Å². The van der Waals surface area contributed by atoms with Gasteiger partial charge in [-0.15, -0.1) is 0 Å². The predicted octanol–water partition coefficient (Wildman–Crippen LogP) is 4.87. The number of hydrogen-bond donors (Lipinski definition) is 3. The SMILES string of the molecule is CCCCCCCC1CCCCCCC(C(=O)N(C)C)C[C@@H](C(=O)O)NC(=O)[C@H](CC(C)C)NC(=O)O1. The van der Waals surface area contributed by atoms with Gasteiger partial charge in [0.05, 0.1) is 0 Å². The second kappa shape index (κ2) is 18.0. The number of amides is 3. The van der Waals surface area contributed by atoms with E-state index in [0.717, 1.165) is 51.4 Å². The molecule has 1 saturated heterocycles. The molecule has 9 nitrogen and oxygen atoms in total. The maximum atomic E-state index is 13.1. The van der Waals surface area contributed by atoms with Crippen LogP contribution in [0.3, 0.4) is 0 Å². The van der Waals surface area contributed by atoms with E-state index in [0.29, 0.717) is 12.8 Å². The first kappa shape index (κ1) is 32.7. The predicted molar refractivity (Wildman–Crippen MR) is 144 cm³/mol. The van der Waals surface area contributed by atoms with E-state index in [4.69, 9.17) is 4.74 Å². The zero-order chi connectivity index (χ0) is 27.8. The molecular weight excluding hydrogens is 474 g/mol. The first-order valence-electron chi connectivity index (χ1n) is 14.3. The number of carboxylic acid groups (broad SMARTS) is 1. The second-order valence-electron chi connectivity index (χ2n) is 11.1. The molecule has 3 N–H and O–H groups in total. The fraction of sp³-hybridized carbons (Fsp3) is 0.857. The van der Waals surface area contributed by atoms with E-state index in [1.54, 1.807) is 14.1 Å². The summed E-state index contributed by atoms with van der Waals surface area (Å²) >= 11 is 0. The van der Waals surface area contributed by atoms with Gasteiger partial charge in [-0.3, -0.25) is 9.59 Å². The van der Waals surface area contributed by atoms with Gasteiger partial charge in [0, 0.05) is 20.0 Å². The summed E-state index contributed by atoms with van der Waals surface area (Å²) in [5.74, 6) is -2.31. The molecule has 0 aromatic rings. The third-order valence-electron chi connectivity index (χ3n) is 6.97. The van der Waals surface area contributed by atoms with Crippen molar-refractivity contribution in [2.24, 2.45) is 11.8 Å². The van der Waals surface area contributed by atoms with E-state index in [1.807, 2.05) is 13.8 Å². The molecule has 2 unspecified atom stereocenters. The first-order chi connectivity index (χ1) is 17.5. The number of alkyl carbamates (subject to hydrolysis) is 1. The summed E-state index contributed by atoms with van der Waals surface area (Å²) < 4.78 is 5.77. The van der Waals surface area contributed by atoms with Crippen LogP contribution in [0.1, 0.15) is 111 Å². The van der Waals surface area contributed by atoms with E-state index in [9.17, 15) is 24.3 Å². The molecule has 1 aliphatic rings. The fourth-order valence-corrected chi connectivity index (χ4v) is 4.87. The maximum Gasteiger partial charge on any atom is 0.408 e. The van der Waals surface area contributed by atoms with Crippen LogP contribution < -0.4 is 10.6 Å². The Morgan fingerprint density at radius 1 is 1.00 bits per heavy atom. The number of unbranched alkanes of at least 4 members (excludes halogenated alkanes) is 4. The Kier molecular flexibility index (Phi) is 15.9. The number of cyclic esters (lactones) is 1. The normalized spacial score (nSPS) is 24.6. The highest BCUT2D eigenvalue weighted by molar-refractivity contribution is 5.89. The van der Waals surface area contributed by atoms with Crippen LogP contribution >= 0.6 is 0 Å². The van der Waals surface area contributed by atoms with Crippen LogP contribution in [-0.4, -0.2) is 66.2 Å². The molecule has 0 bridgehead atoms. The van der Waals surface area contributed by atoms with Crippen LogP contribution in [0, 0.1) is 11.8 Å². The lowest BCUT2D eigenvalue weighted by Crippen LogP contribution is -2.53. The van der Waals surface area contributed by atoms with Crippen molar-refractivity contribution < 1.29 is 29.0 Å². The number of carboxylic acids is 1. The van der Waals surface area contributed by atoms with E-state index < -0.39 is 36.0 Å². The Balaban J connectivity index is 3.07. The number of carbonyl (C=O) groups excluding carboxylic acids is 3.